The van der Waals surface area contributed by atoms with Gasteiger partial charge in [0.1, 0.15) is 11.4 Å². The molecule has 1 heterocycles. The number of carbonyl (C=O) groups is 2. The number of nitrogens with zero attached hydrogens (tertiary/aromatic N) is 2. The number of nitrogens with two attached hydrogens (primary N) is 1. The average molecular weight is 322 g/mol. The van der Waals surface area contributed by atoms with Crippen molar-refractivity contribution in [2.45, 2.75) is 13.3 Å². The molecule has 0 spiro atoms. The Kier molecular flexibility index (Phi) is 4.82. The van der Waals surface area contributed by atoms with Gasteiger partial charge in [-0.3, -0.25) is 9.48 Å². The Bertz CT molecular complexity index is 725. The molecule has 116 valence electrons. The largest absolute Gasteiger partial charge is 0.454 e. The number of benzene rings is 1. The van der Waals surface area contributed by atoms with Crippen LogP contribution in [0.3, 0.4) is 0 Å². The molecular weight excluding hydrogens is 306 g/mol. The van der Waals surface area contributed by atoms with E-state index in [1.54, 1.807) is 31.3 Å². The predicted molar refractivity (Wildman–Crippen MR) is 83.1 cm³/mol. The number of aromatic nitrogens is 2. The van der Waals surface area contributed by atoms with Crippen molar-refractivity contribution < 1.29 is 14.3 Å². The Balaban J connectivity index is 2.11. The van der Waals surface area contributed by atoms with Crippen LogP contribution >= 0.6 is 11.6 Å². The highest BCUT2D eigenvalue weighted by molar-refractivity contribution is 6.34. The van der Waals surface area contributed by atoms with Crippen LogP contribution in [0.1, 0.15) is 33.3 Å². The van der Waals surface area contributed by atoms with E-state index in [1.165, 1.54) is 4.68 Å². The number of esters is 1. The van der Waals surface area contributed by atoms with Crippen LogP contribution in [-0.2, 0) is 18.2 Å². The fourth-order valence-electron chi connectivity index (χ4n) is 2.03. The van der Waals surface area contributed by atoms with Crippen LogP contribution in [0.25, 0.3) is 0 Å². The van der Waals surface area contributed by atoms with Gasteiger partial charge in [0.2, 0.25) is 5.78 Å². The molecule has 6 nitrogen and oxygen atoms in total. The number of Topliss-reactive ketones (excluding diaryl/α,β-unsaturated/α-hetero) is 1. The van der Waals surface area contributed by atoms with Gasteiger partial charge < -0.3 is 10.5 Å². The first-order valence-electron chi connectivity index (χ1n) is 6.71. The van der Waals surface area contributed by atoms with E-state index in [-0.39, 0.29) is 17.2 Å². The van der Waals surface area contributed by atoms with E-state index in [4.69, 9.17) is 22.1 Å². The van der Waals surface area contributed by atoms with Crippen LogP contribution in [-0.4, -0.2) is 28.1 Å². The van der Waals surface area contributed by atoms with Crippen molar-refractivity contribution in [2.24, 2.45) is 7.05 Å². The van der Waals surface area contributed by atoms with E-state index in [0.29, 0.717) is 22.7 Å². The van der Waals surface area contributed by atoms with Crippen molar-refractivity contribution in [1.82, 2.24) is 9.78 Å². The van der Waals surface area contributed by atoms with Gasteiger partial charge in [0.05, 0.1) is 10.7 Å². The second-order valence-electron chi connectivity index (χ2n) is 4.66. The van der Waals surface area contributed by atoms with E-state index >= 15 is 0 Å². The van der Waals surface area contributed by atoms with E-state index in [0.717, 1.165) is 0 Å². The molecule has 0 aliphatic carbocycles. The number of hydrogen-bond acceptors (Lipinski definition) is 5. The molecule has 2 N–H and O–H groups in total. The summed E-state index contributed by atoms with van der Waals surface area (Å²) in [6, 6.07) is 6.59. The van der Waals surface area contributed by atoms with Gasteiger partial charge in [-0.05, 0) is 18.6 Å². The van der Waals surface area contributed by atoms with Crippen LogP contribution in [0, 0.1) is 0 Å². The maximum absolute atomic E-state index is 12.1. The maximum atomic E-state index is 12.1. The topological polar surface area (TPSA) is 87.2 Å². The quantitative estimate of drug-likeness (QED) is 0.674. The lowest BCUT2D eigenvalue weighted by Crippen LogP contribution is -2.16. The number of anilines is 1. The van der Waals surface area contributed by atoms with Gasteiger partial charge in [-0.2, -0.15) is 5.10 Å². The van der Waals surface area contributed by atoms with Gasteiger partial charge in [-0.25, -0.2) is 4.79 Å². The average Bonchev–Trinajstić information content (AvgIpc) is 2.80. The highest BCUT2D eigenvalue weighted by Gasteiger charge is 2.22. The molecular formula is C15H16ClN3O3. The normalized spacial score (nSPS) is 10.5. The summed E-state index contributed by atoms with van der Waals surface area (Å²) in [5.74, 6) is -0.825. The fraction of sp³-hybridized carbons (Fsp3) is 0.267. The Morgan fingerprint density at radius 1 is 1.36 bits per heavy atom. The monoisotopic (exact) mass is 321 g/mol. The summed E-state index contributed by atoms with van der Waals surface area (Å²) in [4.78, 5) is 24.2. The molecule has 1 aromatic heterocycles. The molecule has 2 rings (SSSR count). The van der Waals surface area contributed by atoms with E-state index in [1.807, 2.05) is 6.92 Å². The minimum atomic E-state index is -0.664. The first-order valence-corrected chi connectivity index (χ1v) is 7.09. The van der Waals surface area contributed by atoms with Crippen molar-refractivity contribution in [3.05, 3.63) is 46.1 Å². The Morgan fingerprint density at radius 3 is 2.68 bits per heavy atom. The lowest BCUT2D eigenvalue weighted by Gasteiger charge is -2.06. The van der Waals surface area contributed by atoms with Crippen molar-refractivity contribution in [2.75, 3.05) is 12.3 Å². The van der Waals surface area contributed by atoms with Gasteiger partial charge in [0.25, 0.3) is 0 Å². The number of nitrogen functional groups attached to an aromatic ring is 1. The molecule has 0 aliphatic heterocycles. The van der Waals surface area contributed by atoms with Crippen LogP contribution in [0.2, 0.25) is 5.02 Å². The zero-order valence-corrected chi connectivity index (χ0v) is 13.1. The SMILES string of the molecule is CCc1nn(C)c(N)c1C(=O)OCC(=O)c1ccccc1Cl. The standard InChI is InChI=1S/C15H16ClN3O3/c1-3-11-13(14(17)19(2)18-11)15(21)22-8-12(20)9-6-4-5-7-10(9)16/h4-7H,3,8,17H2,1-2H3. The number of carbonyl (C=O) groups excluding carboxylic acids is 2. The second kappa shape index (κ2) is 6.62. The predicted octanol–water partition coefficient (Wildman–Crippen LogP) is 2.26. The van der Waals surface area contributed by atoms with Gasteiger partial charge in [0, 0.05) is 12.6 Å². The fourth-order valence-corrected chi connectivity index (χ4v) is 2.27. The van der Waals surface area contributed by atoms with Crippen LogP contribution in [0.4, 0.5) is 5.82 Å². The zero-order valence-electron chi connectivity index (χ0n) is 12.3. The summed E-state index contributed by atoms with van der Waals surface area (Å²) >= 11 is 5.93. The second-order valence-corrected chi connectivity index (χ2v) is 5.07. The van der Waals surface area contributed by atoms with E-state index in [9.17, 15) is 9.59 Å². The van der Waals surface area contributed by atoms with Crippen LogP contribution < -0.4 is 5.73 Å². The smallest absolute Gasteiger partial charge is 0.344 e. The minimum absolute atomic E-state index is 0.206. The van der Waals surface area contributed by atoms with Gasteiger partial charge in [-0.1, -0.05) is 30.7 Å². The number of ether oxygens (including phenoxy) is 1. The number of halogens is 1. The Morgan fingerprint density at radius 2 is 2.05 bits per heavy atom. The van der Waals surface area contributed by atoms with Crippen molar-refractivity contribution in [3.8, 4) is 0 Å². The Hall–Kier alpha value is -2.34. The van der Waals surface area contributed by atoms with Gasteiger partial charge in [-0.15, -0.1) is 0 Å². The number of rotatable bonds is 5. The molecule has 0 aliphatic rings. The minimum Gasteiger partial charge on any atom is -0.454 e. The summed E-state index contributed by atoms with van der Waals surface area (Å²) in [5.41, 5.74) is 6.87. The molecule has 0 bridgehead atoms. The van der Waals surface area contributed by atoms with E-state index in [2.05, 4.69) is 5.10 Å². The molecule has 2 aromatic rings. The van der Waals surface area contributed by atoms with Crippen LogP contribution in [0.15, 0.2) is 24.3 Å². The first-order chi connectivity index (χ1) is 10.5. The molecule has 1 aromatic carbocycles. The van der Waals surface area contributed by atoms with Gasteiger partial charge in [0.15, 0.2) is 6.61 Å². The van der Waals surface area contributed by atoms with Crippen molar-refractivity contribution in [1.29, 1.82) is 0 Å². The highest BCUT2D eigenvalue weighted by Crippen LogP contribution is 2.19. The molecule has 0 radical (unpaired) electrons. The molecule has 0 saturated carbocycles. The van der Waals surface area contributed by atoms with Gasteiger partial charge >= 0.3 is 5.97 Å². The third-order valence-corrected chi connectivity index (χ3v) is 3.54. The van der Waals surface area contributed by atoms with E-state index < -0.39 is 12.6 Å². The number of ketones is 1. The summed E-state index contributed by atoms with van der Waals surface area (Å²) in [5, 5.41) is 4.45. The maximum Gasteiger partial charge on any atom is 0.344 e. The lowest BCUT2D eigenvalue weighted by molar-refractivity contribution is 0.0474. The third kappa shape index (κ3) is 3.12. The molecule has 0 saturated heterocycles. The first kappa shape index (κ1) is 16.0. The van der Waals surface area contributed by atoms with Crippen molar-refractivity contribution in [3.63, 3.8) is 0 Å². The molecule has 0 unspecified atom stereocenters. The highest BCUT2D eigenvalue weighted by atomic mass is 35.5. The summed E-state index contributed by atoms with van der Waals surface area (Å²) in [6.07, 6.45) is 0.536. The molecule has 0 atom stereocenters. The lowest BCUT2D eigenvalue weighted by atomic mass is 10.1. The Labute approximate surface area is 132 Å². The molecule has 22 heavy (non-hydrogen) atoms. The summed E-state index contributed by atoms with van der Waals surface area (Å²) < 4.78 is 6.46. The molecule has 0 amide bonds. The molecule has 7 heteroatoms. The summed E-state index contributed by atoms with van der Waals surface area (Å²) in [6.45, 7) is 1.45. The molecule has 0 fully saturated rings. The number of aryl methyl sites for hydroxylation is 2. The van der Waals surface area contributed by atoms with Crippen LogP contribution in [0.5, 0.6) is 0 Å². The van der Waals surface area contributed by atoms with Crippen molar-refractivity contribution >= 4 is 29.2 Å². The number of hydrogen-bond donors (Lipinski definition) is 1. The zero-order chi connectivity index (χ0) is 16.3. The summed E-state index contributed by atoms with van der Waals surface area (Å²) in [7, 11) is 1.64. The third-order valence-electron chi connectivity index (χ3n) is 3.21.